The molecule has 0 bridgehead atoms. The van der Waals surface area contributed by atoms with Gasteiger partial charge in [0, 0.05) is 32.3 Å². The highest BCUT2D eigenvalue weighted by molar-refractivity contribution is 5.70. The van der Waals surface area contributed by atoms with E-state index >= 15 is 0 Å². The average molecular weight is 259 g/mol. The van der Waals surface area contributed by atoms with Crippen molar-refractivity contribution >= 4 is 5.97 Å². The van der Waals surface area contributed by atoms with E-state index in [9.17, 15) is 4.79 Å². The molecule has 0 amide bonds. The Kier molecular flexibility index (Phi) is 6.60. The van der Waals surface area contributed by atoms with Crippen LogP contribution in [0.4, 0.5) is 0 Å². The van der Waals surface area contributed by atoms with Crippen LogP contribution in [-0.4, -0.2) is 63.0 Å². The van der Waals surface area contributed by atoms with Gasteiger partial charge in [-0.15, -0.1) is 0 Å². The molecule has 1 aliphatic heterocycles. The zero-order chi connectivity index (χ0) is 13.4. The summed E-state index contributed by atoms with van der Waals surface area (Å²) in [7, 11) is 1.68. The van der Waals surface area contributed by atoms with Crippen molar-refractivity contribution < 1.29 is 19.0 Å². The largest absolute Gasteiger partial charge is 0.466 e. The normalized spacial score (nSPS) is 20.4. The van der Waals surface area contributed by atoms with Gasteiger partial charge in [0.1, 0.15) is 0 Å². The van der Waals surface area contributed by atoms with Crippen molar-refractivity contribution in [3.63, 3.8) is 0 Å². The van der Waals surface area contributed by atoms with Gasteiger partial charge in [0.15, 0.2) is 0 Å². The molecular formula is C13H25NO4. The molecule has 0 saturated carbocycles. The van der Waals surface area contributed by atoms with Gasteiger partial charge in [-0.1, -0.05) is 0 Å². The van der Waals surface area contributed by atoms with Crippen molar-refractivity contribution in [2.24, 2.45) is 0 Å². The number of carbonyl (C=O) groups excluding carboxylic acids is 1. The van der Waals surface area contributed by atoms with Gasteiger partial charge in [0.25, 0.3) is 0 Å². The van der Waals surface area contributed by atoms with Crippen molar-refractivity contribution in [1.29, 1.82) is 0 Å². The van der Waals surface area contributed by atoms with E-state index in [-0.39, 0.29) is 11.5 Å². The van der Waals surface area contributed by atoms with Crippen LogP contribution in [0.15, 0.2) is 0 Å². The van der Waals surface area contributed by atoms with Gasteiger partial charge < -0.3 is 14.2 Å². The van der Waals surface area contributed by atoms with E-state index in [4.69, 9.17) is 14.2 Å². The van der Waals surface area contributed by atoms with Crippen molar-refractivity contribution in [2.75, 3.05) is 46.6 Å². The Morgan fingerprint density at radius 1 is 1.39 bits per heavy atom. The molecule has 5 heteroatoms. The zero-order valence-corrected chi connectivity index (χ0v) is 11.7. The molecule has 0 N–H and O–H groups in total. The maximum Gasteiger partial charge on any atom is 0.307 e. The molecule has 0 aliphatic carbocycles. The zero-order valence-electron chi connectivity index (χ0n) is 11.7. The van der Waals surface area contributed by atoms with E-state index < -0.39 is 0 Å². The number of carbonyl (C=O) groups is 1. The van der Waals surface area contributed by atoms with Gasteiger partial charge in [0.05, 0.1) is 26.2 Å². The fourth-order valence-corrected chi connectivity index (χ4v) is 2.31. The van der Waals surface area contributed by atoms with E-state index in [0.29, 0.717) is 19.6 Å². The maximum absolute atomic E-state index is 11.7. The number of nitrogens with zero attached hydrogens (tertiary/aromatic N) is 1. The van der Waals surface area contributed by atoms with Crippen molar-refractivity contribution in [2.45, 2.75) is 32.2 Å². The Morgan fingerprint density at radius 3 is 2.61 bits per heavy atom. The molecule has 0 aromatic rings. The molecule has 1 unspecified atom stereocenters. The van der Waals surface area contributed by atoms with E-state index in [1.807, 2.05) is 6.92 Å². The predicted molar refractivity (Wildman–Crippen MR) is 68.5 cm³/mol. The molecule has 1 aliphatic rings. The van der Waals surface area contributed by atoms with Crippen LogP contribution in [0.25, 0.3) is 0 Å². The van der Waals surface area contributed by atoms with Crippen LogP contribution in [0.1, 0.15) is 26.7 Å². The quantitative estimate of drug-likeness (QED) is 0.640. The molecule has 1 rings (SSSR count). The number of methoxy groups -OCH3 is 1. The monoisotopic (exact) mass is 259 g/mol. The fourth-order valence-electron chi connectivity index (χ4n) is 2.31. The third-order valence-electron chi connectivity index (χ3n) is 3.45. The molecule has 5 nitrogen and oxygen atoms in total. The lowest BCUT2D eigenvalue weighted by Crippen LogP contribution is -2.53. The summed E-state index contributed by atoms with van der Waals surface area (Å²) in [5, 5.41) is 0. The van der Waals surface area contributed by atoms with Gasteiger partial charge in [-0.2, -0.15) is 0 Å². The topological polar surface area (TPSA) is 48.0 Å². The van der Waals surface area contributed by atoms with E-state index in [0.717, 1.165) is 32.7 Å². The second kappa shape index (κ2) is 7.71. The molecule has 1 atom stereocenters. The van der Waals surface area contributed by atoms with Crippen LogP contribution in [0.2, 0.25) is 0 Å². The molecule has 1 heterocycles. The third kappa shape index (κ3) is 4.55. The molecule has 1 saturated heterocycles. The Bertz CT molecular complexity index is 253. The molecule has 18 heavy (non-hydrogen) atoms. The summed E-state index contributed by atoms with van der Waals surface area (Å²) in [4.78, 5) is 14.1. The summed E-state index contributed by atoms with van der Waals surface area (Å²) in [6, 6.07) is 0. The number of hydrogen-bond acceptors (Lipinski definition) is 5. The van der Waals surface area contributed by atoms with Crippen LogP contribution < -0.4 is 0 Å². The molecule has 106 valence electrons. The summed E-state index contributed by atoms with van der Waals surface area (Å²) < 4.78 is 15.6. The highest BCUT2D eigenvalue weighted by Crippen LogP contribution is 2.25. The molecule has 1 fully saturated rings. The average Bonchev–Trinajstić information content (AvgIpc) is 2.38. The van der Waals surface area contributed by atoms with E-state index in [1.54, 1.807) is 7.11 Å². The van der Waals surface area contributed by atoms with Gasteiger partial charge in [-0.25, -0.2) is 0 Å². The van der Waals surface area contributed by atoms with Crippen LogP contribution in [0.5, 0.6) is 0 Å². The SMILES string of the molecule is CCOC(=O)CC(C)(CCOC)N1CCOCC1. The summed E-state index contributed by atoms with van der Waals surface area (Å²) in [6.45, 7) is 8.19. The predicted octanol–water partition coefficient (Wildman–Crippen LogP) is 1.07. The van der Waals surface area contributed by atoms with Crippen molar-refractivity contribution in [1.82, 2.24) is 4.90 Å². The number of ether oxygens (including phenoxy) is 3. The molecule has 0 aromatic carbocycles. The minimum Gasteiger partial charge on any atom is -0.466 e. The fraction of sp³-hybridized carbons (Fsp3) is 0.923. The standard InChI is InChI=1S/C13H25NO4/c1-4-18-12(15)11-13(2,5-8-16-3)14-6-9-17-10-7-14/h4-11H2,1-3H3. The molecular weight excluding hydrogens is 234 g/mol. The minimum absolute atomic E-state index is 0.136. The van der Waals surface area contributed by atoms with Gasteiger partial charge in [0.2, 0.25) is 0 Å². The Balaban J connectivity index is 2.63. The first-order valence-corrected chi connectivity index (χ1v) is 6.60. The molecule has 0 aromatic heterocycles. The van der Waals surface area contributed by atoms with E-state index in [1.165, 1.54) is 0 Å². The highest BCUT2D eigenvalue weighted by atomic mass is 16.5. The lowest BCUT2D eigenvalue weighted by atomic mass is 9.91. The molecule has 0 radical (unpaired) electrons. The van der Waals surface area contributed by atoms with Crippen molar-refractivity contribution in [3.05, 3.63) is 0 Å². The minimum atomic E-state index is -0.202. The van der Waals surface area contributed by atoms with Crippen LogP contribution in [-0.2, 0) is 19.0 Å². The molecule has 0 spiro atoms. The van der Waals surface area contributed by atoms with Gasteiger partial charge >= 0.3 is 5.97 Å². The van der Waals surface area contributed by atoms with Crippen LogP contribution in [0.3, 0.4) is 0 Å². The van der Waals surface area contributed by atoms with Crippen LogP contribution >= 0.6 is 0 Å². The van der Waals surface area contributed by atoms with Gasteiger partial charge in [-0.05, 0) is 20.3 Å². The first-order chi connectivity index (χ1) is 8.62. The smallest absolute Gasteiger partial charge is 0.307 e. The first-order valence-electron chi connectivity index (χ1n) is 6.60. The number of hydrogen-bond donors (Lipinski definition) is 0. The number of rotatable bonds is 7. The second-order valence-electron chi connectivity index (χ2n) is 4.82. The Hall–Kier alpha value is -0.650. The summed E-state index contributed by atoms with van der Waals surface area (Å²) in [5.41, 5.74) is -0.202. The second-order valence-corrected chi connectivity index (χ2v) is 4.82. The third-order valence-corrected chi connectivity index (χ3v) is 3.45. The van der Waals surface area contributed by atoms with Gasteiger partial charge in [-0.3, -0.25) is 9.69 Å². The lowest BCUT2D eigenvalue weighted by Gasteiger charge is -2.42. The maximum atomic E-state index is 11.7. The Morgan fingerprint density at radius 2 is 2.06 bits per heavy atom. The highest BCUT2D eigenvalue weighted by Gasteiger charge is 2.35. The summed E-state index contributed by atoms with van der Waals surface area (Å²) >= 11 is 0. The van der Waals surface area contributed by atoms with Crippen molar-refractivity contribution in [3.8, 4) is 0 Å². The van der Waals surface area contributed by atoms with E-state index in [2.05, 4.69) is 11.8 Å². The Labute approximate surface area is 109 Å². The lowest BCUT2D eigenvalue weighted by molar-refractivity contribution is -0.147. The summed E-state index contributed by atoms with van der Waals surface area (Å²) in [6.07, 6.45) is 1.23. The number of esters is 1. The number of morpholine rings is 1. The first kappa shape index (κ1) is 15.4. The van der Waals surface area contributed by atoms with Crippen LogP contribution in [0, 0.1) is 0 Å². The summed E-state index contributed by atoms with van der Waals surface area (Å²) in [5.74, 6) is -0.136.